The Morgan fingerprint density at radius 3 is 1.26 bits per heavy atom. The number of hydrogen-bond acceptors (Lipinski definition) is 4. The van der Waals surface area contributed by atoms with Crippen LogP contribution in [0.15, 0.2) is 84.9 Å². The minimum atomic E-state index is 0.00501. The Labute approximate surface area is 258 Å². The van der Waals surface area contributed by atoms with Gasteiger partial charge in [0.25, 0.3) is 0 Å². The van der Waals surface area contributed by atoms with Crippen LogP contribution in [0.5, 0.6) is 40.2 Å². The van der Waals surface area contributed by atoms with E-state index in [0.29, 0.717) is 17.2 Å². The molecule has 0 aliphatic carbocycles. The van der Waals surface area contributed by atoms with Crippen LogP contribution in [0.2, 0.25) is 0 Å². The molecular formula is C39H48O4. The van der Waals surface area contributed by atoms with Crippen LogP contribution >= 0.6 is 0 Å². The number of ether oxygens (including phenoxy) is 3. The molecule has 4 aromatic rings. The quantitative estimate of drug-likeness (QED) is 0.119. The number of para-hydroxylation sites is 3. The summed E-state index contributed by atoms with van der Waals surface area (Å²) in [6.07, 6.45) is 13.0. The van der Waals surface area contributed by atoms with Gasteiger partial charge < -0.3 is 19.3 Å². The highest BCUT2D eigenvalue weighted by Crippen LogP contribution is 2.50. The van der Waals surface area contributed by atoms with Gasteiger partial charge in [-0.05, 0) is 85.5 Å². The number of phenolic OH excluding ortho intramolecular Hbond substituents is 1. The first kappa shape index (κ1) is 32.0. The van der Waals surface area contributed by atoms with E-state index in [9.17, 15) is 5.11 Å². The van der Waals surface area contributed by atoms with Gasteiger partial charge in [0.15, 0.2) is 11.5 Å². The van der Waals surface area contributed by atoms with Gasteiger partial charge in [0.1, 0.15) is 17.2 Å². The van der Waals surface area contributed by atoms with Crippen LogP contribution in [-0.2, 0) is 19.3 Å². The molecule has 0 unspecified atom stereocenters. The summed E-state index contributed by atoms with van der Waals surface area (Å²) in [5, 5.41) is 11.2. The molecule has 4 heteroatoms. The minimum absolute atomic E-state index is 0.00501. The summed E-state index contributed by atoms with van der Waals surface area (Å²) >= 11 is 0. The third-order valence-electron chi connectivity index (χ3n) is 7.77. The van der Waals surface area contributed by atoms with Crippen LogP contribution in [-0.4, -0.2) is 5.11 Å². The van der Waals surface area contributed by atoms with Crippen LogP contribution in [0.1, 0.15) is 95.2 Å². The van der Waals surface area contributed by atoms with E-state index < -0.39 is 0 Å². The molecule has 43 heavy (non-hydrogen) atoms. The topological polar surface area (TPSA) is 47.9 Å². The van der Waals surface area contributed by atoms with Gasteiger partial charge in [-0.2, -0.15) is 0 Å². The van der Waals surface area contributed by atoms with Crippen LogP contribution in [0.3, 0.4) is 0 Å². The lowest BCUT2D eigenvalue weighted by atomic mass is 10.1. The fourth-order valence-corrected chi connectivity index (χ4v) is 5.27. The first-order valence-corrected chi connectivity index (χ1v) is 16.3. The van der Waals surface area contributed by atoms with Gasteiger partial charge in [-0.3, -0.25) is 0 Å². The maximum atomic E-state index is 11.2. The Balaban J connectivity index is 1.76. The third-order valence-corrected chi connectivity index (χ3v) is 7.77. The number of unbranched alkanes of at least 4 members (excludes halogenated alkanes) is 6. The number of hydrogen-bond donors (Lipinski definition) is 1. The number of phenols is 1. The van der Waals surface area contributed by atoms with E-state index in [2.05, 4.69) is 45.0 Å². The van der Waals surface area contributed by atoms with Gasteiger partial charge >= 0.3 is 0 Å². The van der Waals surface area contributed by atoms with Crippen LogP contribution < -0.4 is 14.2 Å². The summed E-state index contributed by atoms with van der Waals surface area (Å²) in [5.74, 6) is 3.38. The second-order valence-electron chi connectivity index (χ2n) is 11.2. The van der Waals surface area contributed by atoms with E-state index in [1.807, 2.05) is 48.5 Å². The van der Waals surface area contributed by atoms with E-state index in [4.69, 9.17) is 14.2 Å². The zero-order chi connectivity index (χ0) is 30.3. The second-order valence-corrected chi connectivity index (χ2v) is 11.2. The molecule has 0 heterocycles. The van der Waals surface area contributed by atoms with Crippen molar-refractivity contribution in [2.24, 2.45) is 0 Å². The predicted octanol–water partition coefficient (Wildman–Crippen LogP) is 12.0. The molecule has 228 valence electrons. The molecule has 0 radical (unpaired) electrons. The van der Waals surface area contributed by atoms with Gasteiger partial charge in [0, 0.05) is 0 Å². The summed E-state index contributed by atoms with van der Waals surface area (Å²) in [7, 11) is 0. The highest BCUT2D eigenvalue weighted by molar-refractivity contribution is 5.62. The molecule has 0 aromatic heterocycles. The molecule has 0 atom stereocenters. The van der Waals surface area contributed by atoms with Gasteiger partial charge in [-0.1, -0.05) is 114 Å². The first-order chi connectivity index (χ1) is 21.1. The van der Waals surface area contributed by atoms with Crippen molar-refractivity contribution in [1.82, 2.24) is 0 Å². The lowest BCUT2D eigenvalue weighted by Crippen LogP contribution is -2.00. The lowest BCUT2D eigenvalue weighted by Gasteiger charge is -2.20. The molecular weight excluding hydrogens is 532 g/mol. The molecule has 0 saturated carbocycles. The number of rotatable bonds is 18. The highest BCUT2D eigenvalue weighted by atomic mass is 16.5. The van der Waals surface area contributed by atoms with Crippen molar-refractivity contribution in [2.45, 2.75) is 97.8 Å². The summed E-state index contributed by atoms with van der Waals surface area (Å²) in [6.45, 7) is 6.63. The molecule has 0 saturated heterocycles. The smallest absolute Gasteiger partial charge is 0.216 e. The van der Waals surface area contributed by atoms with Crippen molar-refractivity contribution < 1.29 is 19.3 Å². The number of aromatic hydroxyl groups is 1. The van der Waals surface area contributed by atoms with Crippen molar-refractivity contribution in [1.29, 1.82) is 0 Å². The summed E-state index contributed by atoms with van der Waals surface area (Å²) < 4.78 is 19.8. The molecule has 0 spiro atoms. The first-order valence-electron chi connectivity index (χ1n) is 16.3. The number of benzene rings is 4. The zero-order valence-corrected chi connectivity index (χ0v) is 26.2. The average Bonchev–Trinajstić information content (AvgIpc) is 3.03. The van der Waals surface area contributed by atoms with Gasteiger partial charge in [0.2, 0.25) is 11.5 Å². The van der Waals surface area contributed by atoms with Crippen LogP contribution in [0, 0.1) is 0 Å². The SMILES string of the molecule is CCCCCc1ccccc1Oc1ccc(O)c(Oc2ccccc2CCCCC)c1Oc1ccccc1CCCCC. The molecule has 1 N–H and O–H groups in total. The average molecular weight is 581 g/mol. The normalized spacial score (nSPS) is 11.0. The monoisotopic (exact) mass is 580 g/mol. The van der Waals surface area contributed by atoms with E-state index in [-0.39, 0.29) is 11.5 Å². The fourth-order valence-electron chi connectivity index (χ4n) is 5.27. The Morgan fingerprint density at radius 1 is 0.419 bits per heavy atom. The van der Waals surface area contributed by atoms with Crippen molar-refractivity contribution >= 4 is 0 Å². The Bertz CT molecular complexity index is 1410. The maximum Gasteiger partial charge on any atom is 0.216 e. The molecule has 0 fully saturated rings. The van der Waals surface area contributed by atoms with Crippen molar-refractivity contribution in [3.8, 4) is 40.2 Å². The minimum Gasteiger partial charge on any atom is -0.504 e. The fraction of sp³-hybridized carbons (Fsp3) is 0.385. The Hall–Kier alpha value is -3.92. The largest absolute Gasteiger partial charge is 0.504 e. The molecule has 0 bridgehead atoms. The summed E-state index contributed by atoms with van der Waals surface area (Å²) in [4.78, 5) is 0. The van der Waals surface area contributed by atoms with E-state index in [1.54, 1.807) is 12.1 Å². The predicted molar refractivity (Wildman–Crippen MR) is 177 cm³/mol. The molecule has 4 aromatic carbocycles. The Kier molecular flexibility index (Phi) is 12.8. The van der Waals surface area contributed by atoms with Crippen molar-refractivity contribution in [3.05, 3.63) is 102 Å². The van der Waals surface area contributed by atoms with Gasteiger partial charge in [-0.25, -0.2) is 0 Å². The Morgan fingerprint density at radius 2 is 0.814 bits per heavy atom. The summed E-state index contributed by atoms with van der Waals surface area (Å²) in [5.41, 5.74) is 3.38. The molecule has 0 aliphatic heterocycles. The van der Waals surface area contributed by atoms with Gasteiger partial charge in [-0.15, -0.1) is 0 Å². The van der Waals surface area contributed by atoms with E-state index in [0.717, 1.165) is 98.8 Å². The van der Waals surface area contributed by atoms with Crippen molar-refractivity contribution in [2.75, 3.05) is 0 Å². The summed E-state index contributed by atoms with van der Waals surface area (Å²) in [6, 6.07) is 27.7. The maximum absolute atomic E-state index is 11.2. The molecule has 4 rings (SSSR count). The standard InChI is InChI=1S/C39H48O4/c1-4-7-10-19-30-22-13-16-25-34(30)41-37-29-28-33(40)38(42-35-26-17-14-23-31(35)20-11-8-5-2)39(37)43-36-27-18-15-24-32(36)21-12-9-6-3/h13-18,22-29,40H,4-12,19-21H2,1-3H3. The third kappa shape index (κ3) is 9.28. The van der Waals surface area contributed by atoms with Crippen molar-refractivity contribution in [3.63, 3.8) is 0 Å². The van der Waals surface area contributed by atoms with Crippen LogP contribution in [0.4, 0.5) is 0 Å². The molecule has 0 amide bonds. The molecule has 0 aliphatic rings. The van der Waals surface area contributed by atoms with Gasteiger partial charge in [0.05, 0.1) is 0 Å². The number of aryl methyl sites for hydroxylation is 3. The molecule has 4 nitrogen and oxygen atoms in total. The van der Waals surface area contributed by atoms with Crippen LogP contribution in [0.25, 0.3) is 0 Å². The van der Waals surface area contributed by atoms with E-state index >= 15 is 0 Å². The second kappa shape index (κ2) is 17.3. The zero-order valence-electron chi connectivity index (χ0n) is 26.2. The highest BCUT2D eigenvalue weighted by Gasteiger charge is 2.22. The lowest BCUT2D eigenvalue weighted by molar-refractivity contribution is 0.359. The van der Waals surface area contributed by atoms with E-state index in [1.165, 1.54) is 6.42 Å².